The van der Waals surface area contributed by atoms with Gasteiger partial charge in [-0.3, -0.25) is 4.79 Å². The lowest BCUT2D eigenvalue weighted by Crippen LogP contribution is -2.40. The highest BCUT2D eigenvalue weighted by atomic mass is 16.5. The first-order chi connectivity index (χ1) is 8.04. The van der Waals surface area contributed by atoms with Gasteiger partial charge in [0.25, 0.3) is 5.79 Å². The van der Waals surface area contributed by atoms with E-state index in [9.17, 15) is 15.0 Å². The first kappa shape index (κ1) is 13.4. The topological polar surface area (TPSA) is 57.5 Å². The molecule has 0 radical (unpaired) electrons. The molecule has 0 aromatic heterocycles. The Morgan fingerprint density at radius 2 is 1.76 bits per heavy atom. The molecular formula is C14H16O3. The van der Waals surface area contributed by atoms with Crippen LogP contribution in [0, 0.1) is 0 Å². The summed E-state index contributed by atoms with van der Waals surface area (Å²) in [7, 11) is 0. The number of hydrogen-bond donors (Lipinski definition) is 2. The smallest absolute Gasteiger partial charge is 0.255 e. The molecule has 90 valence electrons. The van der Waals surface area contributed by atoms with E-state index >= 15 is 0 Å². The molecule has 0 aliphatic heterocycles. The van der Waals surface area contributed by atoms with Crippen molar-refractivity contribution < 1.29 is 15.0 Å². The zero-order valence-corrected chi connectivity index (χ0v) is 9.92. The largest absolute Gasteiger partial charge is 0.356 e. The van der Waals surface area contributed by atoms with Crippen LogP contribution in [0.5, 0.6) is 0 Å². The maximum absolute atomic E-state index is 12.0. The van der Waals surface area contributed by atoms with Crippen molar-refractivity contribution in [1.82, 2.24) is 0 Å². The monoisotopic (exact) mass is 232 g/mol. The quantitative estimate of drug-likeness (QED) is 0.474. The molecular weight excluding hydrogens is 216 g/mol. The Morgan fingerprint density at radius 3 is 2.24 bits per heavy atom. The maximum Gasteiger partial charge on any atom is 0.255 e. The van der Waals surface area contributed by atoms with E-state index in [4.69, 9.17) is 0 Å². The van der Waals surface area contributed by atoms with Gasteiger partial charge in [0.15, 0.2) is 0 Å². The Labute approximate surface area is 101 Å². The normalized spacial score (nSPS) is 13.1. The van der Waals surface area contributed by atoms with Gasteiger partial charge in [-0.1, -0.05) is 48.6 Å². The van der Waals surface area contributed by atoms with E-state index in [-0.39, 0.29) is 11.1 Å². The highest BCUT2D eigenvalue weighted by molar-refractivity contribution is 6.03. The molecule has 0 unspecified atom stereocenters. The minimum absolute atomic E-state index is 0.161. The number of rotatable bonds is 4. The molecule has 0 saturated heterocycles. The van der Waals surface area contributed by atoms with Crippen LogP contribution in [0.15, 0.2) is 54.1 Å². The molecule has 0 aliphatic rings. The first-order valence-electron chi connectivity index (χ1n) is 5.38. The summed E-state index contributed by atoms with van der Waals surface area (Å²) in [5, 5.41) is 19.8. The van der Waals surface area contributed by atoms with Gasteiger partial charge in [0, 0.05) is 11.1 Å². The lowest BCUT2D eigenvalue weighted by Gasteiger charge is -2.21. The van der Waals surface area contributed by atoms with Gasteiger partial charge >= 0.3 is 0 Å². The fraction of sp³-hybridized carbons (Fsp3) is 0.214. The van der Waals surface area contributed by atoms with E-state index < -0.39 is 11.6 Å². The Kier molecular flexibility index (Phi) is 4.37. The Hall–Kier alpha value is -1.71. The van der Waals surface area contributed by atoms with Crippen molar-refractivity contribution in [3.05, 3.63) is 59.7 Å². The molecule has 2 N–H and O–H groups in total. The molecule has 0 atom stereocenters. The molecule has 0 saturated carbocycles. The van der Waals surface area contributed by atoms with E-state index in [2.05, 4.69) is 0 Å². The second-order valence-electron chi connectivity index (χ2n) is 3.61. The van der Waals surface area contributed by atoms with Gasteiger partial charge in [-0.15, -0.1) is 0 Å². The van der Waals surface area contributed by atoms with Crippen LogP contribution in [0.2, 0.25) is 0 Å². The van der Waals surface area contributed by atoms with Crippen LogP contribution < -0.4 is 0 Å². The lowest BCUT2D eigenvalue weighted by molar-refractivity contribution is -0.0890. The standard InChI is InChI=1S/C14H16O3/c1-3-8-12(4-2)14(16,17)13(15)11-9-6-5-7-10-11/h3-10,16-17H,1-2H3/b8-3-,12-4+. The van der Waals surface area contributed by atoms with Crippen LogP contribution >= 0.6 is 0 Å². The molecule has 1 aromatic rings. The number of carbonyl (C=O) groups is 1. The van der Waals surface area contributed by atoms with Crippen LogP contribution in [-0.2, 0) is 0 Å². The van der Waals surface area contributed by atoms with Crippen LogP contribution in [0.3, 0.4) is 0 Å². The van der Waals surface area contributed by atoms with E-state index in [1.807, 2.05) is 0 Å². The van der Waals surface area contributed by atoms with Crippen molar-refractivity contribution >= 4 is 5.78 Å². The highest BCUT2D eigenvalue weighted by Crippen LogP contribution is 2.20. The molecule has 0 spiro atoms. The molecule has 0 aliphatic carbocycles. The number of benzene rings is 1. The van der Waals surface area contributed by atoms with Crippen LogP contribution in [0.4, 0.5) is 0 Å². The van der Waals surface area contributed by atoms with Crippen molar-refractivity contribution in [2.24, 2.45) is 0 Å². The minimum Gasteiger partial charge on any atom is -0.356 e. The van der Waals surface area contributed by atoms with Crippen LogP contribution in [-0.4, -0.2) is 21.8 Å². The summed E-state index contributed by atoms with van der Waals surface area (Å²) < 4.78 is 0. The summed E-state index contributed by atoms with van der Waals surface area (Å²) in [4.78, 5) is 12.0. The molecule has 0 bridgehead atoms. The van der Waals surface area contributed by atoms with E-state index in [0.29, 0.717) is 0 Å². The molecule has 0 fully saturated rings. The number of ketones is 1. The molecule has 17 heavy (non-hydrogen) atoms. The summed E-state index contributed by atoms with van der Waals surface area (Å²) in [6.45, 7) is 3.39. The maximum atomic E-state index is 12.0. The molecule has 3 heteroatoms. The van der Waals surface area contributed by atoms with Crippen molar-refractivity contribution in [2.75, 3.05) is 0 Å². The van der Waals surface area contributed by atoms with Crippen LogP contribution in [0.25, 0.3) is 0 Å². The van der Waals surface area contributed by atoms with Gasteiger partial charge in [0.1, 0.15) is 0 Å². The van der Waals surface area contributed by atoms with Gasteiger partial charge in [0.05, 0.1) is 0 Å². The molecule has 1 aromatic carbocycles. The average molecular weight is 232 g/mol. The van der Waals surface area contributed by atoms with Gasteiger partial charge < -0.3 is 10.2 Å². The average Bonchev–Trinajstić information content (AvgIpc) is 2.35. The van der Waals surface area contributed by atoms with E-state index in [0.717, 1.165) is 0 Å². The second kappa shape index (κ2) is 5.57. The van der Waals surface area contributed by atoms with Gasteiger partial charge in [0.2, 0.25) is 5.78 Å². The molecule has 0 amide bonds. The number of allylic oxidation sites excluding steroid dienone is 2. The first-order valence-corrected chi connectivity index (χ1v) is 5.38. The Balaban J connectivity index is 3.10. The number of carbonyl (C=O) groups excluding carboxylic acids is 1. The van der Waals surface area contributed by atoms with Gasteiger partial charge in [-0.05, 0) is 13.8 Å². The fourth-order valence-electron chi connectivity index (χ4n) is 1.52. The van der Waals surface area contributed by atoms with Crippen LogP contribution in [0.1, 0.15) is 24.2 Å². The number of aliphatic hydroxyl groups is 2. The SMILES string of the molecule is C/C=C\C(=C/C)C(O)(O)C(=O)c1ccccc1. The fourth-order valence-corrected chi connectivity index (χ4v) is 1.52. The summed E-state index contributed by atoms with van der Waals surface area (Å²) >= 11 is 0. The minimum atomic E-state index is -2.48. The predicted octanol–water partition coefficient (Wildman–Crippen LogP) is 2.07. The Bertz CT molecular complexity index is 442. The van der Waals surface area contributed by atoms with Gasteiger partial charge in [-0.2, -0.15) is 0 Å². The molecule has 3 nitrogen and oxygen atoms in total. The number of hydrogen-bond acceptors (Lipinski definition) is 3. The van der Waals surface area contributed by atoms with E-state index in [1.54, 1.807) is 50.3 Å². The third kappa shape index (κ3) is 2.90. The zero-order valence-electron chi connectivity index (χ0n) is 9.92. The van der Waals surface area contributed by atoms with Crippen molar-refractivity contribution in [3.63, 3.8) is 0 Å². The molecule has 0 heterocycles. The molecule has 1 rings (SSSR count). The van der Waals surface area contributed by atoms with Gasteiger partial charge in [-0.25, -0.2) is 0 Å². The van der Waals surface area contributed by atoms with Crippen molar-refractivity contribution in [1.29, 1.82) is 0 Å². The second-order valence-corrected chi connectivity index (χ2v) is 3.61. The van der Waals surface area contributed by atoms with E-state index in [1.165, 1.54) is 12.2 Å². The number of Topliss-reactive ketones (excluding diaryl/α,β-unsaturated/α-hetero) is 1. The zero-order chi connectivity index (χ0) is 12.9. The Morgan fingerprint density at radius 1 is 1.18 bits per heavy atom. The summed E-state index contributed by atoms with van der Waals surface area (Å²) in [6.07, 6.45) is 4.65. The summed E-state index contributed by atoms with van der Waals surface area (Å²) in [5.74, 6) is -3.22. The summed E-state index contributed by atoms with van der Waals surface area (Å²) in [6, 6.07) is 8.21. The van der Waals surface area contributed by atoms with Crippen molar-refractivity contribution in [2.45, 2.75) is 19.6 Å². The predicted molar refractivity (Wildman–Crippen MR) is 66.5 cm³/mol. The van der Waals surface area contributed by atoms with Crippen molar-refractivity contribution in [3.8, 4) is 0 Å². The summed E-state index contributed by atoms with van der Waals surface area (Å²) in [5.41, 5.74) is 0.426. The lowest BCUT2D eigenvalue weighted by atomic mass is 9.95. The third-order valence-electron chi connectivity index (χ3n) is 2.41. The highest BCUT2D eigenvalue weighted by Gasteiger charge is 2.36. The third-order valence-corrected chi connectivity index (χ3v) is 2.41.